The summed E-state index contributed by atoms with van der Waals surface area (Å²) in [5.41, 5.74) is 1.16. The fourth-order valence-corrected chi connectivity index (χ4v) is 13.1. The lowest BCUT2D eigenvalue weighted by Gasteiger charge is -2.19. The zero-order valence-corrected chi connectivity index (χ0v) is 64.3. The highest BCUT2D eigenvalue weighted by Gasteiger charge is 2.17. The minimum absolute atomic E-state index is 0.00637. The van der Waals surface area contributed by atoms with Crippen LogP contribution in [0.15, 0.2) is 30.3 Å². The monoisotopic (exact) mass is 1360 g/mol. The van der Waals surface area contributed by atoms with Gasteiger partial charge < -0.3 is 42.6 Å². The molecule has 0 saturated carbocycles. The Morgan fingerprint density at radius 1 is 0.271 bits per heavy atom. The van der Waals surface area contributed by atoms with Gasteiger partial charge in [-0.15, -0.1) is 0 Å². The van der Waals surface area contributed by atoms with Gasteiger partial charge in [0.15, 0.2) is 0 Å². The van der Waals surface area contributed by atoms with E-state index < -0.39 is 0 Å². The molecule has 0 N–H and O–H groups in total. The number of hydrogen-bond donors (Lipinski definition) is 0. The molecule has 0 aliphatic carbocycles. The first kappa shape index (κ1) is 91.9. The number of rotatable bonds is 81. The molecule has 2 atom stereocenters. The molecule has 0 spiro atoms. The quantitative estimate of drug-likeness (QED) is 0.0458. The van der Waals surface area contributed by atoms with Crippen molar-refractivity contribution in [3.05, 3.63) is 35.9 Å². The fraction of sp³-hybridized carbons (Fsp3) is 0.906. The van der Waals surface area contributed by atoms with E-state index in [9.17, 15) is 9.59 Å². The maximum Gasteiger partial charge on any atom is 0.306 e. The molecule has 0 aromatic heterocycles. The third kappa shape index (κ3) is 67.7. The van der Waals surface area contributed by atoms with Crippen LogP contribution in [0.1, 0.15) is 393 Å². The van der Waals surface area contributed by atoms with E-state index in [-0.39, 0.29) is 30.3 Å². The molecule has 0 bridgehead atoms. The van der Waals surface area contributed by atoms with Gasteiger partial charge in [0.2, 0.25) is 0 Å². The summed E-state index contributed by atoms with van der Waals surface area (Å²) in [4.78, 5) is 26.2. The van der Waals surface area contributed by atoms with Crippen molar-refractivity contribution in [1.82, 2.24) is 0 Å². The SMILES string of the molecule is CCCCCCCCC(CCCCCCCC)CCCCCCCCC(CCCCCCCC)OC(=O)CCCCCCCOC[C@H](COCCOCCOCCOCCOCc1ccccc1)OCCCCCCCC(=O)OC(CCCCCCCC)CCCCCCCC. The Kier molecular flexibility index (Phi) is 73.7. The third-order valence-corrected chi connectivity index (χ3v) is 19.3. The molecular formula is C85H160O11. The van der Waals surface area contributed by atoms with Crippen molar-refractivity contribution >= 4 is 11.9 Å². The van der Waals surface area contributed by atoms with E-state index in [0.717, 1.165) is 114 Å². The van der Waals surface area contributed by atoms with Crippen LogP contribution in [0.4, 0.5) is 0 Å². The van der Waals surface area contributed by atoms with E-state index >= 15 is 0 Å². The van der Waals surface area contributed by atoms with E-state index in [1.807, 2.05) is 18.2 Å². The van der Waals surface area contributed by atoms with Gasteiger partial charge in [-0.3, -0.25) is 9.59 Å². The molecule has 0 amide bonds. The molecule has 1 aromatic rings. The zero-order chi connectivity index (χ0) is 69.0. The molecule has 0 fully saturated rings. The van der Waals surface area contributed by atoms with Crippen molar-refractivity contribution in [2.24, 2.45) is 5.92 Å². The van der Waals surface area contributed by atoms with Gasteiger partial charge in [-0.2, -0.15) is 0 Å². The summed E-state index contributed by atoms with van der Waals surface area (Å²) in [5, 5.41) is 0. The summed E-state index contributed by atoms with van der Waals surface area (Å²) in [7, 11) is 0. The van der Waals surface area contributed by atoms with Crippen LogP contribution in [0.2, 0.25) is 0 Å². The maximum absolute atomic E-state index is 13.2. The van der Waals surface area contributed by atoms with Crippen LogP contribution >= 0.6 is 0 Å². The number of ether oxygens (including phenoxy) is 9. The molecule has 0 radical (unpaired) electrons. The van der Waals surface area contributed by atoms with E-state index in [4.69, 9.17) is 42.6 Å². The molecule has 0 aliphatic heterocycles. The van der Waals surface area contributed by atoms with Crippen LogP contribution in [-0.2, 0) is 58.8 Å². The standard InChI is InChI=1S/C85H160O11/c1-6-11-16-21-30-42-55-79(56-43-31-22-17-12-7-2)57-44-32-26-27-36-50-63-82(62-49-35-25-20-15-10-5)96-84(86)64-51-37-28-39-53-66-91-77-83(78-93-75-73-90-71-69-88-68-70-89-72-74-92-76-80-58-45-41-46-59-80)94-67-54-40-29-38-52-65-85(87)95-81(60-47-33-23-18-13-8-3)61-48-34-24-19-14-9-4/h41,45-46,58-59,79,81-83H,6-40,42-44,47-57,60-78H2,1-5H3/t82?,83-/m1/s1. The van der Waals surface area contributed by atoms with Crippen molar-refractivity contribution in [2.75, 3.05) is 79.3 Å². The Morgan fingerprint density at radius 2 is 0.552 bits per heavy atom. The van der Waals surface area contributed by atoms with Gasteiger partial charge in [-0.05, 0) is 88.5 Å². The second-order valence-electron chi connectivity index (χ2n) is 28.6. The van der Waals surface area contributed by atoms with Crippen LogP contribution in [0, 0.1) is 5.92 Å². The molecule has 1 aromatic carbocycles. The van der Waals surface area contributed by atoms with Gasteiger partial charge in [0.25, 0.3) is 0 Å². The Hall–Kier alpha value is -2.12. The minimum atomic E-state index is -0.157. The summed E-state index contributed by atoms with van der Waals surface area (Å²) in [6.07, 6.45) is 67.2. The first-order valence-electron chi connectivity index (χ1n) is 42.0. The Labute approximate surface area is 595 Å². The van der Waals surface area contributed by atoms with Gasteiger partial charge in [0.05, 0.1) is 72.7 Å². The lowest BCUT2D eigenvalue weighted by Crippen LogP contribution is -2.27. The lowest BCUT2D eigenvalue weighted by atomic mass is 9.89. The van der Waals surface area contributed by atoms with E-state index in [1.54, 1.807) is 0 Å². The Balaban J connectivity index is 2.50. The Morgan fingerprint density at radius 3 is 0.917 bits per heavy atom. The molecule has 1 unspecified atom stereocenters. The topological polar surface area (TPSA) is 117 Å². The molecular weight excluding hydrogens is 1200 g/mol. The number of esters is 2. The minimum Gasteiger partial charge on any atom is -0.462 e. The fourth-order valence-electron chi connectivity index (χ4n) is 13.1. The predicted octanol–water partition coefficient (Wildman–Crippen LogP) is 24.7. The molecule has 96 heavy (non-hydrogen) atoms. The van der Waals surface area contributed by atoms with Crippen molar-refractivity contribution < 1.29 is 52.2 Å². The van der Waals surface area contributed by atoms with Gasteiger partial charge in [-0.25, -0.2) is 0 Å². The van der Waals surface area contributed by atoms with Gasteiger partial charge in [-0.1, -0.05) is 328 Å². The predicted molar refractivity (Wildman–Crippen MR) is 405 cm³/mol. The largest absolute Gasteiger partial charge is 0.462 e. The highest BCUT2D eigenvalue weighted by atomic mass is 16.6. The second-order valence-corrected chi connectivity index (χ2v) is 28.6. The first-order valence-corrected chi connectivity index (χ1v) is 42.0. The number of carbonyl (C=O) groups is 2. The average molecular weight is 1360 g/mol. The molecule has 0 saturated heterocycles. The van der Waals surface area contributed by atoms with E-state index in [1.165, 1.54) is 238 Å². The molecule has 566 valence electrons. The summed E-state index contributed by atoms with van der Waals surface area (Å²) in [5.74, 6) is 0.943. The van der Waals surface area contributed by atoms with Crippen molar-refractivity contribution in [3.63, 3.8) is 0 Å². The number of unbranched alkanes of at least 4 members (excludes halogenated alkanes) is 38. The summed E-state index contributed by atoms with van der Waals surface area (Å²) < 4.78 is 53.8. The van der Waals surface area contributed by atoms with Crippen molar-refractivity contribution in [2.45, 2.75) is 413 Å². The number of hydrogen-bond acceptors (Lipinski definition) is 11. The van der Waals surface area contributed by atoms with Crippen LogP contribution < -0.4 is 0 Å². The van der Waals surface area contributed by atoms with Crippen LogP contribution in [0.25, 0.3) is 0 Å². The van der Waals surface area contributed by atoms with Crippen LogP contribution in [0.5, 0.6) is 0 Å². The van der Waals surface area contributed by atoms with Crippen LogP contribution in [0.3, 0.4) is 0 Å². The van der Waals surface area contributed by atoms with Crippen molar-refractivity contribution in [3.8, 4) is 0 Å². The van der Waals surface area contributed by atoms with Crippen molar-refractivity contribution in [1.29, 1.82) is 0 Å². The molecule has 1 rings (SSSR count). The van der Waals surface area contributed by atoms with Gasteiger partial charge in [0, 0.05) is 26.1 Å². The lowest BCUT2D eigenvalue weighted by molar-refractivity contribution is -0.151. The highest BCUT2D eigenvalue weighted by Crippen LogP contribution is 2.26. The van der Waals surface area contributed by atoms with Gasteiger partial charge >= 0.3 is 11.9 Å². The molecule has 11 nitrogen and oxygen atoms in total. The van der Waals surface area contributed by atoms with E-state index in [2.05, 4.69) is 46.8 Å². The average Bonchev–Trinajstić information content (AvgIpc) is 3.67. The molecule has 0 heterocycles. The van der Waals surface area contributed by atoms with Crippen LogP contribution in [-0.4, -0.2) is 110 Å². The van der Waals surface area contributed by atoms with Gasteiger partial charge in [0.1, 0.15) is 18.3 Å². The molecule has 11 heteroatoms. The third-order valence-electron chi connectivity index (χ3n) is 19.3. The summed E-state index contributed by atoms with van der Waals surface area (Å²) >= 11 is 0. The molecule has 0 aliphatic rings. The Bertz CT molecular complexity index is 1630. The van der Waals surface area contributed by atoms with E-state index in [0.29, 0.717) is 98.7 Å². The second kappa shape index (κ2) is 77.0. The summed E-state index contributed by atoms with van der Waals surface area (Å²) in [6.45, 7) is 18.4. The smallest absolute Gasteiger partial charge is 0.306 e. The maximum atomic E-state index is 13.2. The first-order chi connectivity index (χ1) is 47.4. The number of benzene rings is 1. The highest BCUT2D eigenvalue weighted by molar-refractivity contribution is 5.69. The zero-order valence-electron chi connectivity index (χ0n) is 64.3. The number of carbonyl (C=O) groups excluding carboxylic acids is 2. The normalized spacial score (nSPS) is 12.4. The summed E-state index contributed by atoms with van der Waals surface area (Å²) in [6, 6.07) is 10.2.